The zero-order valence-electron chi connectivity index (χ0n) is 23.1. The van der Waals surface area contributed by atoms with Crippen molar-refractivity contribution in [3.63, 3.8) is 0 Å². The third-order valence-corrected chi connectivity index (χ3v) is 6.31. The summed E-state index contributed by atoms with van der Waals surface area (Å²) >= 11 is 0. The van der Waals surface area contributed by atoms with Gasteiger partial charge in [-0.25, -0.2) is 0 Å². The van der Waals surface area contributed by atoms with Gasteiger partial charge in [0.1, 0.15) is 0 Å². The number of hydrogen-bond acceptors (Lipinski definition) is 0. The zero-order valence-corrected chi connectivity index (χ0v) is 23.1. The largest absolute Gasteiger partial charge is 0.0859 e. The van der Waals surface area contributed by atoms with Gasteiger partial charge < -0.3 is 0 Å². The van der Waals surface area contributed by atoms with Crippen molar-refractivity contribution in [3.8, 4) is 0 Å². The van der Waals surface area contributed by atoms with Gasteiger partial charge in [-0.15, -0.1) is 0 Å². The Morgan fingerprint density at radius 3 is 1.41 bits per heavy atom. The van der Waals surface area contributed by atoms with Crippen LogP contribution in [0.1, 0.15) is 127 Å². The van der Waals surface area contributed by atoms with Crippen LogP contribution in [0.2, 0.25) is 0 Å². The molecule has 0 N–H and O–H groups in total. The van der Waals surface area contributed by atoms with Gasteiger partial charge in [0, 0.05) is 0 Å². The van der Waals surface area contributed by atoms with Crippen LogP contribution in [0, 0.1) is 5.92 Å². The second-order valence-corrected chi connectivity index (χ2v) is 10.1. The fourth-order valence-corrected chi connectivity index (χ4v) is 3.73. The van der Waals surface area contributed by atoms with Crippen LogP contribution >= 0.6 is 0 Å². The molecule has 1 unspecified atom stereocenters. The second kappa shape index (κ2) is 19.0. The molecule has 0 nitrogen and oxygen atoms in total. The summed E-state index contributed by atoms with van der Waals surface area (Å²) in [5.41, 5.74) is 9.08. The maximum atomic E-state index is 2.46. The Labute approximate surface area is 202 Å². The fourth-order valence-electron chi connectivity index (χ4n) is 3.73. The predicted molar refractivity (Wildman–Crippen MR) is 149 cm³/mol. The van der Waals surface area contributed by atoms with Crippen molar-refractivity contribution < 1.29 is 0 Å². The molecule has 1 atom stereocenters. The summed E-state index contributed by atoms with van der Waals surface area (Å²) in [4.78, 5) is 0. The van der Waals surface area contributed by atoms with Gasteiger partial charge in [-0.1, -0.05) is 83.7 Å². The summed E-state index contributed by atoms with van der Waals surface area (Å²) in [5, 5.41) is 0. The summed E-state index contributed by atoms with van der Waals surface area (Å²) < 4.78 is 0. The third-order valence-electron chi connectivity index (χ3n) is 6.31. The topological polar surface area (TPSA) is 0 Å². The molecule has 0 heterocycles. The number of allylic oxidation sites excluding steroid dienone is 12. The molecule has 32 heavy (non-hydrogen) atoms. The Morgan fingerprint density at radius 2 is 0.938 bits per heavy atom. The first-order chi connectivity index (χ1) is 15.1. The summed E-state index contributed by atoms with van der Waals surface area (Å²) in [6.45, 7) is 20.4. The summed E-state index contributed by atoms with van der Waals surface area (Å²) in [5.74, 6) is 0.636. The lowest BCUT2D eigenvalue weighted by molar-refractivity contribution is 0.683. The lowest BCUT2D eigenvalue weighted by Crippen LogP contribution is -1.95. The molecule has 0 aliphatic carbocycles. The Morgan fingerprint density at radius 1 is 0.531 bits per heavy atom. The molecule has 0 fully saturated rings. The predicted octanol–water partition coefficient (Wildman–Crippen LogP) is 11.2. The van der Waals surface area contributed by atoms with E-state index < -0.39 is 0 Å². The van der Waals surface area contributed by atoms with Crippen LogP contribution < -0.4 is 0 Å². The van der Waals surface area contributed by atoms with E-state index in [1.54, 1.807) is 5.57 Å². The molecule has 0 heteroatoms. The van der Waals surface area contributed by atoms with Crippen molar-refractivity contribution in [1.29, 1.82) is 0 Å². The van der Waals surface area contributed by atoms with Crippen LogP contribution in [-0.2, 0) is 0 Å². The third kappa shape index (κ3) is 18.1. The van der Waals surface area contributed by atoms with Gasteiger partial charge in [-0.3, -0.25) is 0 Å². The minimum Gasteiger partial charge on any atom is -0.0859 e. The van der Waals surface area contributed by atoms with Gasteiger partial charge in [0.25, 0.3) is 0 Å². The highest BCUT2D eigenvalue weighted by molar-refractivity contribution is 5.10. The Hall–Kier alpha value is -1.56. The normalized spacial score (nSPS) is 15.2. The smallest absolute Gasteiger partial charge is 0.0200 e. The molecule has 0 aliphatic rings. The van der Waals surface area contributed by atoms with Crippen LogP contribution in [0.5, 0.6) is 0 Å². The van der Waals surface area contributed by atoms with E-state index >= 15 is 0 Å². The molecule has 0 radical (unpaired) electrons. The molecule has 0 aromatic carbocycles. The Bertz CT molecular complexity index is 684. The van der Waals surface area contributed by atoms with Crippen molar-refractivity contribution in [2.45, 2.75) is 127 Å². The van der Waals surface area contributed by atoms with Crippen molar-refractivity contribution >= 4 is 0 Å². The average Bonchev–Trinajstić information content (AvgIpc) is 2.71. The summed E-state index contributed by atoms with van der Waals surface area (Å²) in [6.07, 6.45) is 26.3. The SMILES string of the molecule is CC/C=C(\C)CC/C=C(\C)CC/C=C(\C)C(C)C/C=C(\C)CC/C=C(\C)CCC=C(C)C. The van der Waals surface area contributed by atoms with Crippen molar-refractivity contribution in [2.24, 2.45) is 5.92 Å². The highest BCUT2D eigenvalue weighted by atomic mass is 14.1. The Kier molecular flexibility index (Phi) is 18.0. The van der Waals surface area contributed by atoms with Crippen LogP contribution in [0.15, 0.2) is 69.9 Å². The van der Waals surface area contributed by atoms with E-state index in [1.165, 1.54) is 79.2 Å². The van der Waals surface area contributed by atoms with E-state index in [1.807, 2.05) is 0 Å². The molecule has 0 spiro atoms. The lowest BCUT2D eigenvalue weighted by Gasteiger charge is -2.11. The highest BCUT2D eigenvalue weighted by Crippen LogP contribution is 2.19. The van der Waals surface area contributed by atoms with Crippen molar-refractivity contribution in [3.05, 3.63) is 69.9 Å². The van der Waals surface area contributed by atoms with Gasteiger partial charge in [-0.05, 0) is 119 Å². The fraction of sp³-hybridized carbons (Fsp3) is 0.625. The second-order valence-electron chi connectivity index (χ2n) is 10.1. The average molecular weight is 439 g/mol. The maximum Gasteiger partial charge on any atom is -0.0200 e. The van der Waals surface area contributed by atoms with E-state index in [0.717, 1.165) is 12.8 Å². The van der Waals surface area contributed by atoms with Gasteiger partial charge >= 0.3 is 0 Å². The van der Waals surface area contributed by atoms with Gasteiger partial charge in [0.15, 0.2) is 0 Å². The number of hydrogen-bond donors (Lipinski definition) is 0. The van der Waals surface area contributed by atoms with Gasteiger partial charge in [0.05, 0.1) is 0 Å². The lowest BCUT2D eigenvalue weighted by atomic mass is 9.95. The van der Waals surface area contributed by atoms with Crippen molar-refractivity contribution in [1.82, 2.24) is 0 Å². The summed E-state index contributed by atoms with van der Waals surface area (Å²) in [6, 6.07) is 0. The summed E-state index contributed by atoms with van der Waals surface area (Å²) in [7, 11) is 0. The Balaban J connectivity index is 4.29. The van der Waals surface area contributed by atoms with Gasteiger partial charge in [0.2, 0.25) is 0 Å². The zero-order chi connectivity index (χ0) is 24.4. The standard InChI is InChI=1S/C32H54/c1-10-15-27(4)18-12-19-29(6)22-14-23-31(8)32(9)25-24-30(7)21-13-20-28(5)17-11-16-26(2)3/h15-16,19-20,23-24,32H,10-14,17-18,21-22,25H2,1-9H3/b27-15+,28-20+,29-19+,30-24+,31-23+. The molecular formula is C32H54. The maximum absolute atomic E-state index is 2.46. The molecule has 0 bridgehead atoms. The molecule has 0 saturated carbocycles. The molecule has 0 amide bonds. The van der Waals surface area contributed by atoms with Crippen LogP contribution in [0.4, 0.5) is 0 Å². The molecular weight excluding hydrogens is 384 g/mol. The molecule has 182 valence electrons. The first kappa shape index (κ1) is 30.4. The minimum absolute atomic E-state index is 0.636. The molecule has 0 aromatic rings. The van der Waals surface area contributed by atoms with E-state index in [2.05, 4.69) is 98.8 Å². The van der Waals surface area contributed by atoms with Crippen LogP contribution in [0.3, 0.4) is 0 Å². The monoisotopic (exact) mass is 438 g/mol. The van der Waals surface area contributed by atoms with Gasteiger partial charge in [-0.2, -0.15) is 0 Å². The number of rotatable bonds is 16. The first-order valence-electron chi connectivity index (χ1n) is 13.1. The molecule has 0 rings (SSSR count). The highest BCUT2D eigenvalue weighted by Gasteiger charge is 2.03. The molecule has 0 saturated heterocycles. The first-order valence-corrected chi connectivity index (χ1v) is 13.1. The van der Waals surface area contributed by atoms with Crippen LogP contribution in [0.25, 0.3) is 0 Å². The van der Waals surface area contributed by atoms with Crippen molar-refractivity contribution in [2.75, 3.05) is 0 Å². The molecule has 0 aromatic heterocycles. The van der Waals surface area contributed by atoms with E-state index in [-0.39, 0.29) is 0 Å². The van der Waals surface area contributed by atoms with E-state index in [9.17, 15) is 0 Å². The quantitative estimate of drug-likeness (QED) is 0.210. The van der Waals surface area contributed by atoms with Crippen LogP contribution in [-0.4, -0.2) is 0 Å². The van der Waals surface area contributed by atoms with E-state index in [4.69, 9.17) is 0 Å². The molecule has 0 aliphatic heterocycles. The van der Waals surface area contributed by atoms with E-state index in [0.29, 0.717) is 5.92 Å². The minimum atomic E-state index is 0.636.